The Balaban J connectivity index is 3.19. The molecule has 0 aromatic rings. The Labute approximate surface area is 61.6 Å². The predicted molar refractivity (Wildman–Crippen MR) is 39.3 cm³/mol. The fourth-order valence-electron chi connectivity index (χ4n) is 0.515. The minimum atomic E-state index is -0.195. The van der Waals surface area contributed by atoms with Gasteiger partial charge in [0.05, 0.1) is 0 Å². The van der Waals surface area contributed by atoms with Gasteiger partial charge in [-0.25, -0.2) is 0 Å². The standard InChI is InChI=1S/C8H12O2/c1-3-5-6-8(9)10-7-4-2/h2H,3,5-7H2,1H3. The van der Waals surface area contributed by atoms with Crippen LogP contribution >= 0.6 is 0 Å². The van der Waals surface area contributed by atoms with E-state index < -0.39 is 0 Å². The number of unbranched alkanes of at least 4 members (excludes halogenated alkanes) is 1. The van der Waals surface area contributed by atoms with Crippen molar-refractivity contribution >= 4 is 5.97 Å². The van der Waals surface area contributed by atoms with Crippen molar-refractivity contribution in [2.45, 2.75) is 26.2 Å². The zero-order valence-corrected chi connectivity index (χ0v) is 6.22. The first-order chi connectivity index (χ1) is 4.81. The summed E-state index contributed by atoms with van der Waals surface area (Å²) in [4.78, 5) is 10.6. The molecule has 0 saturated heterocycles. The molecule has 0 heterocycles. The lowest BCUT2D eigenvalue weighted by atomic mass is 10.2. The van der Waals surface area contributed by atoms with Crippen molar-refractivity contribution in [3.63, 3.8) is 0 Å². The summed E-state index contributed by atoms with van der Waals surface area (Å²) in [6.45, 7) is 2.12. The molecule has 0 aromatic heterocycles. The highest BCUT2D eigenvalue weighted by molar-refractivity contribution is 5.69. The molecule has 0 radical (unpaired) electrons. The van der Waals surface area contributed by atoms with Gasteiger partial charge in [0.25, 0.3) is 0 Å². The molecule has 0 fully saturated rings. The van der Waals surface area contributed by atoms with Gasteiger partial charge in [-0.2, -0.15) is 0 Å². The number of ether oxygens (including phenoxy) is 1. The number of hydrogen-bond donors (Lipinski definition) is 0. The summed E-state index contributed by atoms with van der Waals surface area (Å²) >= 11 is 0. The van der Waals surface area contributed by atoms with Crippen LogP contribution in [0.25, 0.3) is 0 Å². The van der Waals surface area contributed by atoms with Crippen LogP contribution in [0.2, 0.25) is 0 Å². The van der Waals surface area contributed by atoms with Crippen molar-refractivity contribution in [2.75, 3.05) is 6.61 Å². The zero-order chi connectivity index (χ0) is 7.82. The predicted octanol–water partition coefficient (Wildman–Crippen LogP) is 1.35. The van der Waals surface area contributed by atoms with E-state index in [-0.39, 0.29) is 12.6 Å². The second-order valence-corrected chi connectivity index (χ2v) is 1.97. The number of carbonyl (C=O) groups is 1. The van der Waals surface area contributed by atoms with Crippen LogP contribution in [0.15, 0.2) is 0 Å². The first-order valence-electron chi connectivity index (χ1n) is 3.40. The Kier molecular flexibility index (Phi) is 5.56. The van der Waals surface area contributed by atoms with E-state index in [9.17, 15) is 4.79 Å². The summed E-state index contributed by atoms with van der Waals surface area (Å²) < 4.78 is 4.62. The van der Waals surface area contributed by atoms with E-state index in [2.05, 4.69) is 10.7 Å². The van der Waals surface area contributed by atoms with Crippen molar-refractivity contribution in [1.29, 1.82) is 0 Å². The monoisotopic (exact) mass is 140 g/mol. The normalized spacial score (nSPS) is 8.40. The lowest BCUT2D eigenvalue weighted by molar-refractivity contribution is -0.142. The van der Waals surface area contributed by atoms with Gasteiger partial charge in [-0.3, -0.25) is 4.79 Å². The van der Waals surface area contributed by atoms with Gasteiger partial charge in [0, 0.05) is 6.42 Å². The minimum Gasteiger partial charge on any atom is -0.452 e. The van der Waals surface area contributed by atoms with Gasteiger partial charge in [-0.15, -0.1) is 6.42 Å². The smallest absolute Gasteiger partial charge is 0.306 e. The molecular formula is C8H12O2. The maximum atomic E-state index is 10.6. The Morgan fingerprint density at radius 2 is 2.40 bits per heavy atom. The molecule has 0 spiro atoms. The van der Waals surface area contributed by atoms with Crippen molar-refractivity contribution in [2.24, 2.45) is 0 Å². The molecule has 0 aromatic carbocycles. The molecule has 2 nitrogen and oxygen atoms in total. The summed E-state index contributed by atoms with van der Waals surface area (Å²) in [5.41, 5.74) is 0. The Morgan fingerprint density at radius 1 is 1.70 bits per heavy atom. The summed E-state index contributed by atoms with van der Waals surface area (Å²) in [5, 5.41) is 0. The fraction of sp³-hybridized carbons (Fsp3) is 0.625. The maximum Gasteiger partial charge on any atom is 0.306 e. The van der Waals surface area contributed by atoms with E-state index in [0.29, 0.717) is 6.42 Å². The van der Waals surface area contributed by atoms with Gasteiger partial charge < -0.3 is 4.74 Å². The molecule has 0 amide bonds. The number of rotatable bonds is 4. The third kappa shape index (κ3) is 5.17. The van der Waals surface area contributed by atoms with E-state index in [4.69, 9.17) is 6.42 Å². The summed E-state index contributed by atoms with van der Waals surface area (Å²) in [6, 6.07) is 0. The van der Waals surface area contributed by atoms with Crippen molar-refractivity contribution < 1.29 is 9.53 Å². The van der Waals surface area contributed by atoms with Crippen LogP contribution in [-0.4, -0.2) is 12.6 Å². The van der Waals surface area contributed by atoms with Crippen LogP contribution in [0.1, 0.15) is 26.2 Å². The lowest BCUT2D eigenvalue weighted by Crippen LogP contribution is -2.03. The molecule has 10 heavy (non-hydrogen) atoms. The van der Waals surface area contributed by atoms with Crippen LogP contribution in [0, 0.1) is 12.3 Å². The summed E-state index contributed by atoms with van der Waals surface area (Å²) in [7, 11) is 0. The molecule has 0 aliphatic heterocycles. The van der Waals surface area contributed by atoms with E-state index in [1.807, 2.05) is 6.92 Å². The number of carbonyl (C=O) groups excluding carboxylic acids is 1. The van der Waals surface area contributed by atoms with E-state index in [0.717, 1.165) is 12.8 Å². The molecule has 0 saturated carbocycles. The van der Waals surface area contributed by atoms with Crippen LogP contribution in [0.4, 0.5) is 0 Å². The Bertz CT molecular complexity index is 133. The number of hydrogen-bond acceptors (Lipinski definition) is 2. The van der Waals surface area contributed by atoms with Gasteiger partial charge >= 0.3 is 5.97 Å². The molecule has 2 heteroatoms. The topological polar surface area (TPSA) is 26.3 Å². The highest BCUT2D eigenvalue weighted by Gasteiger charge is 1.98. The molecule has 56 valence electrons. The highest BCUT2D eigenvalue weighted by atomic mass is 16.5. The van der Waals surface area contributed by atoms with Crippen LogP contribution in [-0.2, 0) is 9.53 Å². The van der Waals surface area contributed by atoms with Crippen LogP contribution < -0.4 is 0 Å². The van der Waals surface area contributed by atoms with Gasteiger partial charge in [-0.1, -0.05) is 19.3 Å². The van der Waals surface area contributed by atoms with Gasteiger partial charge in [0.2, 0.25) is 0 Å². The van der Waals surface area contributed by atoms with Gasteiger partial charge in [-0.05, 0) is 6.42 Å². The first kappa shape index (κ1) is 9.03. The molecule has 0 atom stereocenters. The molecule has 0 aliphatic carbocycles. The van der Waals surface area contributed by atoms with Crippen molar-refractivity contribution in [3.8, 4) is 12.3 Å². The van der Waals surface area contributed by atoms with Gasteiger partial charge in [0.1, 0.15) is 0 Å². The Morgan fingerprint density at radius 3 is 2.90 bits per heavy atom. The SMILES string of the molecule is C#CCOC(=O)CCCC. The largest absolute Gasteiger partial charge is 0.452 e. The quantitative estimate of drug-likeness (QED) is 0.435. The molecule has 0 rings (SSSR count). The maximum absolute atomic E-state index is 10.6. The molecule has 0 aliphatic rings. The van der Waals surface area contributed by atoms with Crippen LogP contribution in [0.3, 0.4) is 0 Å². The number of esters is 1. The third-order valence-corrected chi connectivity index (χ3v) is 1.05. The van der Waals surface area contributed by atoms with Crippen molar-refractivity contribution in [3.05, 3.63) is 0 Å². The number of terminal acetylenes is 1. The van der Waals surface area contributed by atoms with E-state index in [1.165, 1.54) is 0 Å². The Hall–Kier alpha value is -0.970. The zero-order valence-electron chi connectivity index (χ0n) is 6.22. The average Bonchev–Trinajstić information content (AvgIpc) is 1.97. The fourth-order valence-corrected chi connectivity index (χ4v) is 0.515. The second kappa shape index (κ2) is 6.15. The van der Waals surface area contributed by atoms with E-state index >= 15 is 0 Å². The summed E-state index contributed by atoms with van der Waals surface area (Å²) in [5.74, 6) is 2.04. The molecular weight excluding hydrogens is 128 g/mol. The second-order valence-electron chi connectivity index (χ2n) is 1.97. The van der Waals surface area contributed by atoms with Crippen molar-refractivity contribution in [1.82, 2.24) is 0 Å². The van der Waals surface area contributed by atoms with E-state index in [1.54, 1.807) is 0 Å². The van der Waals surface area contributed by atoms with Gasteiger partial charge in [0.15, 0.2) is 6.61 Å². The average molecular weight is 140 g/mol. The van der Waals surface area contributed by atoms with Crippen LogP contribution in [0.5, 0.6) is 0 Å². The first-order valence-corrected chi connectivity index (χ1v) is 3.40. The molecule has 0 bridgehead atoms. The minimum absolute atomic E-state index is 0.0997. The molecule has 0 unspecified atom stereocenters. The highest BCUT2D eigenvalue weighted by Crippen LogP contribution is 1.95. The summed E-state index contributed by atoms with van der Waals surface area (Å²) in [6.07, 6.45) is 7.25. The lowest BCUT2D eigenvalue weighted by Gasteiger charge is -1.97. The third-order valence-electron chi connectivity index (χ3n) is 1.05. The molecule has 0 N–H and O–H groups in total.